The Balaban J connectivity index is 1.72. The SMILES string of the molecule is CC(C)OCCCNC(=O)C1CNc2ccccc2O1. The van der Waals surface area contributed by atoms with E-state index in [0.717, 1.165) is 17.9 Å². The van der Waals surface area contributed by atoms with Crippen LogP contribution in [0, 0.1) is 0 Å². The van der Waals surface area contributed by atoms with Crippen LogP contribution in [0.2, 0.25) is 0 Å². The normalized spacial score (nSPS) is 17.1. The molecule has 1 aromatic rings. The van der Waals surface area contributed by atoms with Gasteiger partial charge in [-0.05, 0) is 32.4 Å². The second-order valence-corrected chi connectivity index (χ2v) is 5.05. The summed E-state index contributed by atoms with van der Waals surface area (Å²) in [6, 6.07) is 7.62. The lowest BCUT2D eigenvalue weighted by Crippen LogP contribution is -2.45. The van der Waals surface area contributed by atoms with Gasteiger partial charge in [0.2, 0.25) is 0 Å². The molecule has 0 saturated carbocycles. The van der Waals surface area contributed by atoms with Crippen LogP contribution in [0.25, 0.3) is 0 Å². The van der Waals surface area contributed by atoms with Gasteiger partial charge in [0.25, 0.3) is 5.91 Å². The maximum Gasteiger partial charge on any atom is 0.262 e. The van der Waals surface area contributed by atoms with Crippen molar-refractivity contribution in [2.45, 2.75) is 32.5 Å². The number of carbonyl (C=O) groups is 1. The fraction of sp³-hybridized carbons (Fsp3) is 0.533. The highest BCUT2D eigenvalue weighted by molar-refractivity contribution is 5.83. The first-order chi connectivity index (χ1) is 9.66. The van der Waals surface area contributed by atoms with Crippen LogP contribution >= 0.6 is 0 Å². The maximum atomic E-state index is 12.0. The third-order valence-electron chi connectivity index (χ3n) is 3.00. The summed E-state index contributed by atoms with van der Waals surface area (Å²) < 4.78 is 11.1. The molecule has 0 spiro atoms. The maximum absolute atomic E-state index is 12.0. The monoisotopic (exact) mass is 278 g/mol. The van der Waals surface area contributed by atoms with E-state index in [1.165, 1.54) is 0 Å². The quantitative estimate of drug-likeness (QED) is 0.779. The van der Waals surface area contributed by atoms with Crippen molar-refractivity contribution in [3.05, 3.63) is 24.3 Å². The van der Waals surface area contributed by atoms with Crippen LogP contribution in [0.15, 0.2) is 24.3 Å². The first kappa shape index (κ1) is 14.7. The first-order valence-corrected chi connectivity index (χ1v) is 7.05. The van der Waals surface area contributed by atoms with Crippen LogP contribution in [0.3, 0.4) is 0 Å². The van der Waals surface area contributed by atoms with Gasteiger partial charge in [0.15, 0.2) is 6.10 Å². The molecule has 0 radical (unpaired) electrons. The molecule has 110 valence electrons. The van der Waals surface area contributed by atoms with E-state index in [2.05, 4.69) is 10.6 Å². The van der Waals surface area contributed by atoms with Gasteiger partial charge in [-0.2, -0.15) is 0 Å². The minimum Gasteiger partial charge on any atom is -0.477 e. The molecule has 2 rings (SSSR count). The van der Waals surface area contributed by atoms with E-state index in [0.29, 0.717) is 19.7 Å². The Labute approximate surface area is 119 Å². The predicted octanol–water partition coefficient (Wildman–Crippen LogP) is 1.79. The molecule has 1 aliphatic heterocycles. The minimum atomic E-state index is -0.476. The van der Waals surface area contributed by atoms with E-state index in [1.54, 1.807) is 0 Å². The molecule has 5 heteroatoms. The molecule has 1 aliphatic rings. The molecule has 0 fully saturated rings. The number of hydrogen-bond acceptors (Lipinski definition) is 4. The van der Waals surface area contributed by atoms with Crippen molar-refractivity contribution in [1.82, 2.24) is 5.32 Å². The Morgan fingerprint density at radius 3 is 3.10 bits per heavy atom. The van der Waals surface area contributed by atoms with Gasteiger partial charge < -0.3 is 20.1 Å². The highest BCUT2D eigenvalue weighted by atomic mass is 16.5. The van der Waals surface area contributed by atoms with Crippen molar-refractivity contribution in [2.24, 2.45) is 0 Å². The second kappa shape index (κ2) is 7.14. The summed E-state index contributed by atoms with van der Waals surface area (Å²) in [6.45, 7) is 5.75. The number of amides is 1. The Morgan fingerprint density at radius 1 is 1.50 bits per heavy atom. The summed E-state index contributed by atoms with van der Waals surface area (Å²) in [7, 11) is 0. The zero-order valence-corrected chi connectivity index (χ0v) is 12.0. The lowest BCUT2D eigenvalue weighted by molar-refractivity contribution is -0.127. The Morgan fingerprint density at radius 2 is 2.30 bits per heavy atom. The van der Waals surface area contributed by atoms with E-state index >= 15 is 0 Å². The molecule has 20 heavy (non-hydrogen) atoms. The molecule has 0 aliphatic carbocycles. The van der Waals surface area contributed by atoms with Crippen LogP contribution in [-0.2, 0) is 9.53 Å². The molecular weight excluding hydrogens is 256 g/mol. The number of nitrogens with one attached hydrogen (secondary N) is 2. The van der Waals surface area contributed by atoms with Crippen molar-refractivity contribution >= 4 is 11.6 Å². The number of fused-ring (bicyclic) bond motifs is 1. The molecular formula is C15H22N2O3. The van der Waals surface area contributed by atoms with Gasteiger partial charge >= 0.3 is 0 Å². The summed E-state index contributed by atoms with van der Waals surface area (Å²) in [4.78, 5) is 12.0. The average Bonchev–Trinajstić information content (AvgIpc) is 2.46. The largest absolute Gasteiger partial charge is 0.477 e. The number of ether oxygens (including phenoxy) is 2. The first-order valence-electron chi connectivity index (χ1n) is 7.05. The third kappa shape index (κ3) is 4.13. The summed E-state index contributed by atoms with van der Waals surface area (Å²) in [5, 5.41) is 6.07. The molecule has 1 amide bonds. The number of benzene rings is 1. The van der Waals surface area contributed by atoms with Gasteiger partial charge in [0, 0.05) is 13.2 Å². The molecule has 0 bridgehead atoms. The number of carbonyl (C=O) groups excluding carboxylic acids is 1. The van der Waals surface area contributed by atoms with Crippen LogP contribution in [0.1, 0.15) is 20.3 Å². The van der Waals surface area contributed by atoms with E-state index < -0.39 is 6.10 Å². The van der Waals surface area contributed by atoms with Crippen LogP contribution in [0.4, 0.5) is 5.69 Å². The van der Waals surface area contributed by atoms with Crippen LogP contribution in [-0.4, -0.2) is 37.8 Å². The predicted molar refractivity (Wildman–Crippen MR) is 78.1 cm³/mol. The van der Waals surface area contributed by atoms with Gasteiger partial charge in [-0.3, -0.25) is 4.79 Å². The van der Waals surface area contributed by atoms with Crippen LogP contribution < -0.4 is 15.4 Å². The molecule has 1 atom stereocenters. The van der Waals surface area contributed by atoms with Gasteiger partial charge in [-0.1, -0.05) is 12.1 Å². The van der Waals surface area contributed by atoms with E-state index in [4.69, 9.17) is 9.47 Å². The van der Waals surface area contributed by atoms with Gasteiger partial charge in [-0.25, -0.2) is 0 Å². The average molecular weight is 278 g/mol. The topological polar surface area (TPSA) is 59.6 Å². The lowest BCUT2D eigenvalue weighted by Gasteiger charge is -2.26. The number of rotatable bonds is 6. The number of para-hydroxylation sites is 2. The smallest absolute Gasteiger partial charge is 0.262 e. The van der Waals surface area contributed by atoms with Crippen LogP contribution in [0.5, 0.6) is 5.75 Å². The highest BCUT2D eigenvalue weighted by Crippen LogP contribution is 2.28. The zero-order valence-electron chi connectivity index (χ0n) is 12.0. The molecule has 0 aromatic heterocycles. The van der Waals surface area contributed by atoms with E-state index in [-0.39, 0.29) is 12.0 Å². The highest BCUT2D eigenvalue weighted by Gasteiger charge is 2.25. The Bertz CT molecular complexity index is 448. The summed E-state index contributed by atoms with van der Waals surface area (Å²) in [5.41, 5.74) is 0.932. The van der Waals surface area contributed by atoms with Crippen molar-refractivity contribution < 1.29 is 14.3 Å². The van der Waals surface area contributed by atoms with E-state index in [9.17, 15) is 4.79 Å². The van der Waals surface area contributed by atoms with Crippen molar-refractivity contribution in [1.29, 1.82) is 0 Å². The number of hydrogen-bond donors (Lipinski definition) is 2. The Kier molecular flexibility index (Phi) is 5.24. The molecule has 1 unspecified atom stereocenters. The summed E-state index contributed by atoms with van der Waals surface area (Å²) >= 11 is 0. The van der Waals surface area contributed by atoms with Crippen molar-refractivity contribution in [3.63, 3.8) is 0 Å². The Hall–Kier alpha value is -1.75. The molecule has 1 aromatic carbocycles. The fourth-order valence-corrected chi connectivity index (χ4v) is 1.98. The van der Waals surface area contributed by atoms with Gasteiger partial charge in [0.05, 0.1) is 18.3 Å². The molecule has 0 saturated heterocycles. The standard InChI is InChI=1S/C15H22N2O3/c1-11(2)19-9-5-8-16-15(18)14-10-17-12-6-3-4-7-13(12)20-14/h3-4,6-7,11,14,17H,5,8-10H2,1-2H3,(H,16,18). The molecule has 1 heterocycles. The van der Waals surface area contributed by atoms with Crippen molar-refractivity contribution in [3.8, 4) is 5.75 Å². The van der Waals surface area contributed by atoms with E-state index in [1.807, 2.05) is 38.1 Å². The summed E-state index contributed by atoms with van der Waals surface area (Å²) in [5.74, 6) is 0.638. The van der Waals surface area contributed by atoms with Crippen molar-refractivity contribution in [2.75, 3.05) is 25.0 Å². The van der Waals surface area contributed by atoms with Gasteiger partial charge in [0.1, 0.15) is 5.75 Å². The van der Waals surface area contributed by atoms with Gasteiger partial charge in [-0.15, -0.1) is 0 Å². The molecule has 2 N–H and O–H groups in total. The lowest BCUT2D eigenvalue weighted by atomic mass is 10.2. The number of anilines is 1. The second-order valence-electron chi connectivity index (χ2n) is 5.05. The zero-order chi connectivity index (χ0) is 14.4. The third-order valence-corrected chi connectivity index (χ3v) is 3.00. The molecule has 5 nitrogen and oxygen atoms in total. The summed E-state index contributed by atoms with van der Waals surface area (Å²) in [6.07, 6.45) is 0.560. The fourth-order valence-electron chi connectivity index (χ4n) is 1.98. The minimum absolute atomic E-state index is 0.0865.